The van der Waals surface area contributed by atoms with Crippen LogP contribution in [-0.4, -0.2) is 23.4 Å². The van der Waals surface area contributed by atoms with Gasteiger partial charge < -0.3 is 16.4 Å². The lowest BCUT2D eigenvalue weighted by Gasteiger charge is -2.07. The van der Waals surface area contributed by atoms with Crippen molar-refractivity contribution in [1.29, 1.82) is 0 Å². The van der Waals surface area contributed by atoms with Gasteiger partial charge in [-0.25, -0.2) is 0 Å². The summed E-state index contributed by atoms with van der Waals surface area (Å²) in [5, 5.41) is 16.5. The maximum absolute atomic E-state index is 11.4. The van der Waals surface area contributed by atoms with Gasteiger partial charge in [0.2, 0.25) is 5.91 Å². The van der Waals surface area contributed by atoms with E-state index in [0.717, 1.165) is 12.8 Å². The fourth-order valence-electron chi connectivity index (χ4n) is 1.68. The van der Waals surface area contributed by atoms with Crippen molar-refractivity contribution in [2.24, 2.45) is 0 Å². The molecular weight excluding hydrogens is 248 g/mol. The predicted octanol–water partition coefficient (Wildman–Crippen LogP) is 1.26. The van der Waals surface area contributed by atoms with E-state index in [-0.39, 0.29) is 17.3 Å². The Kier molecular flexibility index (Phi) is 3.84. The normalized spacial score (nSPS) is 13.9. The van der Waals surface area contributed by atoms with Crippen molar-refractivity contribution in [3.63, 3.8) is 0 Å². The highest BCUT2D eigenvalue weighted by Crippen LogP contribution is 2.24. The van der Waals surface area contributed by atoms with Gasteiger partial charge in [-0.05, 0) is 25.0 Å². The van der Waals surface area contributed by atoms with Crippen LogP contribution in [0.3, 0.4) is 0 Å². The third kappa shape index (κ3) is 3.84. The van der Waals surface area contributed by atoms with E-state index in [9.17, 15) is 14.9 Å². The molecule has 1 amide bonds. The second kappa shape index (κ2) is 5.55. The number of nitrogens with one attached hydrogen (secondary N) is 2. The molecule has 1 aliphatic carbocycles. The Balaban J connectivity index is 1.80. The first kappa shape index (κ1) is 13.1. The quantitative estimate of drug-likeness (QED) is 0.407. The van der Waals surface area contributed by atoms with Crippen LogP contribution in [0.1, 0.15) is 19.3 Å². The van der Waals surface area contributed by atoms with Crippen LogP contribution in [0.2, 0.25) is 0 Å². The molecule has 0 spiro atoms. The van der Waals surface area contributed by atoms with Crippen molar-refractivity contribution in [2.75, 3.05) is 17.6 Å². The molecule has 0 aromatic heterocycles. The second-order valence-corrected chi connectivity index (χ2v) is 4.55. The van der Waals surface area contributed by atoms with Crippen LogP contribution < -0.4 is 16.4 Å². The zero-order chi connectivity index (χ0) is 13.8. The van der Waals surface area contributed by atoms with Gasteiger partial charge in [-0.3, -0.25) is 14.9 Å². The number of amides is 1. The minimum atomic E-state index is -0.526. The summed E-state index contributed by atoms with van der Waals surface area (Å²) in [4.78, 5) is 21.5. The molecule has 1 aliphatic rings. The number of nitrogens with two attached hydrogens (primary N) is 1. The van der Waals surface area contributed by atoms with Crippen LogP contribution in [0, 0.1) is 10.1 Å². The van der Waals surface area contributed by atoms with Crippen LogP contribution in [0.25, 0.3) is 0 Å². The summed E-state index contributed by atoms with van der Waals surface area (Å²) in [6.07, 6.45) is 2.50. The molecule has 0 unspecified atom stereocenters. The molecule has 7 nitrogen and oxygen atoms in total. The van der Waals surface area contributed by atoms with E-state index in [1.54, 1.807) is 6.07 Å². The average molecular weight is 264 g/mol. The summed E-state index contributed by atoms with van der Waals surface area (Å²) >= 11 is 0. The lowest BCUT2D eigenvalue weighted by molar-refractivity contribution is -0.383. The van der Waals surface area contributed by atoms with E-state index >= 15 is 0 Å². The van der Waals surface area contributed by atoms with Crippen LogP contribution in [0.4, 0.5) is 17.1 Å². The minimum absolute atomic E-state index is 0.0184. The third-order valence-electron chi connectivity index (χ3n) is 2.85. The monoisotopic (exact) mass is 264 g/mol. The molecule has 0 saturated heterocycles. The number of nitro benzene ring substituents is 1. The molecule has 0 atom stereocenters. The van der Waals surface area contributed by atoms with Crippen LogP contribution in [-0.2, 0) is 4.79 Å². The van der Waals surface area contributed by atoms with E-state index in [1.165, 1.54) is 12.1 Å². The van der Waals surface area contributed by atoms with Gasteiger partial charge in [0.25, 0.3) is 5.69 Å². The number of nitro groups is 1. The Morgan fingerprint density at radius 3 is 2.79 bits per heavy atom. The first-order valence-corrected chi connectivity index (χ1v) is 6.13. The first-order valence-electron chi connectivity index (χ1n) is 6.13. The third-order valence-corrected chi connectivity index (χ3v) is 2.85. The fraction of sp³-hybridized carbons (Fsp3) is 0.417. The highest BCUT2D eigenvalue weighted by molar-refractivity contribution is 5.77. The molecule has 7 heteroatoms. The molecule has 102 valence electrons. The zero-order valence-corrected chi connectivity index (χ0v) is 10.4. The standard InChI is InChI=1S/C12H16N4O3/c13-10-7-9(3-4-11(10)16(18)19)14-6-5-12(17)15-8-1-2-8/h3-4,7-8,14H,1-2,5-6,13H2,(H,15,17). The van der Waals surface area contributed by atoms with Crippen molar-refractivity contribution in [2.45, 2.75) is 25.3 Å². The molecule has 0 radical (unpaired) electrons. The molecule has 0 heterocycles. The fourth-order valence-corrected chi connectivity index (χ4v) is 1.68. The summed E-state index contributed by atoms with van der Waals surface area (Å²) in [5.41, 5.74) is 6.23. The van der Waals surface area contributed by atoms with Gasteiger partial charge >= 0.3 is 0 Å². The minimum Gasteiger partial charge on any atom is -0.393 e. The van der Waals surface area contributed by atoms with Crippen molar-refractivity contribution < 1.29 is 9.72 Å². The molecule has 0 aliphatic heterocycles. The maximum atomic E-state index is 11.4. The summed E-state index contributed by atoms with van der Waals surface area (Å²) in [6.45, 7) is 0.468. The maximum Gasteiger partial charge on any atom is 0.292 e. The number of carbonyl (C=O) groups excluding carboxylic acids is 1. The largest absolute Gasteiger partial charge is 0.393 e. The van der Waals surface area contributed by atoms with Crippen molar-refractivity contribution in [3.8, 4) is 0 Å². The number of anilines is 2. The van der Waals surface area contributed by atoms with Crippen molar-refractivity contribution in [1.82, 2.24) is 5.32 Å². The van der Waals surface area contributed by atoms with Gasteiger partial charge in [0.1, 0.15) is 5.69 Å². The molecular formula is C12H16N4O3. The Bertz CT molecular complexity index is 500. The Labute approximate surface area is 110 Å². The van der Waals surface area contributed by atoms with Crippen LogP contribution in [0.15, 0.2) is 18.2 Å². The molecule has 19 heavy (non-hydrogen) atoms. The van der Waals surface area contributed by atoms with Gasteiger partial charge in [0.05, 0.1) is 4.92 Å². The van der Waals surface area contributed by atoms with E-state index in [0.29, 0.717) is 24.7 Å². The highest BCUT2D eigenvalue weighted by Gasteiger charge is 2.22. The van der Waals surface area contributed by atoms with Gasteiger partial charge in [0, 0.05) is 30.8 Å². The number of carbonyl (C=O) groups is 1. The Morgan fingerprint density at radius 2 is 2.21 bits per heavy atom. The first-order chi connectivity index (χ1) is 9.06. The number of hydrogen-bond acceptors (Lipinski definition) is 5. The van der Waals surface area contributed by atoms with Gasteiger partial charge in [-0.1, -0.05) is 0 Å². The number of rotatable bonds is 6. The summed E-state index contributed by atoms with van der Waals surface area (Å²) in [6, 6.07) is 4.79. The average Bonchev–Trinajstić information content (AvgIpc) is 3.12. The molecule has 4 N–H and O–H groups in total. The lowest BCUT2D eigenvalue weighted by atomic mass is 10.2. The van der Waals surface area contributed by atoms with Crippen LogP contribution >= 0.6 is 0 Å². The van der Waals surface area contributed by atoms with E-state index < -0.39 is 4.92 Å². The number of benzene rings is 1. The van der Waals surface area contributed by atoms with Crippen molar-refractivity contribution >= 4 is 23.0 Å². The highest BCUT2D eigenvalue weighted by atomic mass is 16.6. The van der Waals surface area contributed by atoms with Gasteiger partial charge in [0.15, 0.2) is 0 Å². The molecule has 1 fully saturated rings. The number of nitrogens with zero attached hydrogens (tertiary/aromatic N) is 1. The van der Waals surface area contributed by atoms with E-state index in [1.807, 2.05) is 0 Å². The summed E-state index contributed by atoms with van der Waals surface area (Å²) in [7, 11) is 0. The number of hydrogen-bond donors (Lipinski definition) is 3. The topological polar surface area (TPSA) is 110 Å². The predicted molar refractivity (Wildman–Crippen MR) is 71.8 cm³/mol. The van der Waals surface area contributed by atoms with E-state index in [4.69, 9.17) is 5.73 Å². The molecule has 1 saturated carbocycles. The molecule has 1 aromatic rings. The van der Waals surface area contributed by atoms with Crippen LogP contribution in [0.5, 0.6) is 0 Å². The smallest absolute Gasteiger partial charge is 0.292 e. The summed E-state index contributed by atoms with van der Waals surface area (Å²) in [5.74, 6) is 0.0184. The SMILES string of the molecule is Nc1cc(NCCC(=O)NC2CC2)ccc1[N+](=O)[O-]. The lowest BCUT2D eigenvalue weighted by Crippen LogP contribution is -2.27. The molecule has 1 aromatic carbocycles. The van der Waals surface area contributed by atoms with Crippen molar-refractivity contribution in [3.05, 3.63) is 28.3 Å². The second-order valence-electron chi connectivity index (χ2n) is 4.55. The van der Waals surface area contributed by atoms with E-state index in [2.05, 4.69) is 10.6 Å². The van der Waals surface area contributed by atoms with Gasteiger partial charge in [-0.15, -0.1) is 0 Å². The van der Waals surface area contributed by atoms with Gasteiger partial charge in [-0.2, -0.15) is 0 Å². The zero-order valence-electron chi connectivity index (χ0n) is 10.4. The Hall–Kier alpha value is -2.31. The molecule has 0 bridgehead atoms. The Morgan fingerprint density at radius 1 is 1.47 bits per heavy atom. The molecule has 2 rings (SSSR count). The number of nitrogen functional groups attached to an aromatic ring is 1. The summed E-state index contributed by atoms with van der Waals surface area (Å²) < 4.78 is 0.